The molecule has 4 heteroatoms. The van der Waals surface area contributed by atoms with Crippen LogP contribution >= 0.6 is 0 Å². The lowest BCUT2D eigenvalue weighted by molar-refractivity contribution is 0.110. The van der Waals surface area contributed by atoms with Gasteiger partial charge in [0.2, 0.25) is 0 Å². The van der Waals surface area contributed by atoms with Crippen LogP contribution in [0, 0.1) is 0 Å². The molecule has 1 aliphatic carbocycles. The van der Waals surface area contributed by atoms with E-state index in [1.807, 2.05) is 4.90 Å². The first kappa shape index (κ1) is 15.3. The molecule has 3 rings (SSSR count). The second-order valence-electron chi connectivity index (χ2n) is 6.60. The van der Waals surface area contributed by atoms with E-state index in [2.05, 4.69) is 35.6 Å². The summed E-state index contributed by atoms with van der Waals surface area (Å²) in [5, 5.41) is 3.18. The predicted octanol–water partition coefficient (Wildman–Crippen LogP) is 2.93. The first-order valence-electron chi connectivity index (χ1n) is 8.35. The third kappa shape index (κ3) is 3.12. The van der Waals surface area contributed by atoms with Crippen LogP contribution in [-0.2, 0) is 10.2 Å². The molecular weight excluding hydrogens is 276 g/mol. The summed E-state index contributed by atoms with van der Waals surface area (Å²) >= 11 is 0. The van der Waals surface area contributed by atoms with E-state index >= 15 is 0 Å². The van der Waals surface area contributed by atoms with Gasteiger partial charge in [0.05, 0.1) is 6.10 Å². The molecule has 2 amide bonds. The van der Waals surface area contributed by atoms with Crippen molar-refractivity contribution in [2.75, 3.05) is 26.7 Å². The standard InChI is InChI=1S/C18H26N2O2/c1-22-16-9-12-20(13-16)17(21)19-14-18(10-5-6-11-18)15-7-3-2-4-8-15/h2-4,7-8,16H,5-6,9-14H2,1H3,(H,19,21)/t16-/m0/s1. The Morgan fingerprint density at radius 2 is 2.05 bits per heavy atom. The van der Waals surface area contributed by atoms with Crippen LogP contribution in [0.3, 0.4) is 0 Å². The van der Waals surface area contributed by atoms with Crippen molar-refractivity contribution in [2.45, 2.75) is 43.6 Å². The molecule has 0 bridgehead atoms. The average Bonchev–Trinajstić information content (AvgIpc) is 3.23. The van der Waals surface area contributed by atoms with E-state index < -0.39 is 0 Å². The first-order chi connectivity index (χ1) is 10.7. The lowest BCUT2D eigenvalue weighted by Gasteiger charge is -2.31. The Kier molecular flexibility index (Phi) is 4.67. The summed E-state index contributed by atoms with van der Waals surface area (Å²) in [4.78, 5) is 14.3. The van der Waals surface area contributed by atoms with Crippen LogP contribution in [0.1, 0.15) is 37.7 Å². The van der Waals surface area contributed by atoms with Gasteiger partial charge in [0.25, 0.3) is 0 Å². The number of hydrogen-bond acceptors (Lipinski definition) is 2. The number of ether oxygens (including phenoxy) is 1. The second kappa shape index (κ2) is 6.69. The maximum absolute atomic E-state index is 12.4. The van der Waals surface area contributed by atoms with Gasteiger partial charge in [0.1, 0.15) is 0 Å². The minimum atomic E-state index is 0.0572. The summed E-state index contributed by atoms with van der Waals surface area (Å²) in [7, 11) is 1.72. The number of likely N-dealkylation sites (tertiary alicyclic amines) is 1. The van der Waals surface area contributed by atoms with E-state index in [0.717, 1.165) is 32.4 Å². The lowest BCUT2D eigenvalue weighted by Crippen LogP contribution is -2.45. The summed E-state index contributed by atoms with van der Waals surface area (Å²) in [6.07, 6.45) is 5.96. The van der Waals surface area contributed by atoms with Crippen LogP contribution in [0.4, 0.5) is 4.79 Å². The summed E-state index contributed by atoms with van der Waals surface area (Å²) in [5.74, 6) is 0. The van der Waals surface area contributed by atoms with Crippen molar-refractivity contribution in [2.24, 2.45) is 0 Å². The molecule has 1 aromatic rings. The number of amides is 2. The van der Waals surface area contributed by atoms with Gasteiger partial charge in [-0.05, 0) is 24.8 Å². The minimum Gasteiger partial charge on any atom is -0.380 e. The van der Waals surface area contributed by atoms with Crippen molar-refractivity contribution in [1.29, 1.82) is 0 Å². The third-order valence-corrected chi connectivity index (χ3v) is 5.29. The van der Waals surface area contributed by atoms with Crippen molar-refractivity contribution in [1.82, 2.24) is 10.2 Å². The van der Waals surface area contributed by atoms with E-state index in [9.17, 15) is 4.79 Å². The molecule has 1 aromatic carbocycles. The Balaban J connectivity index is 1.62. The predicted molar refractivity (Wildman–Crippen MR) is 87.0 cm³/mol. The molecule has 1 saturated carbocycles. The Hall–Kier alpha value is -1.55. The number of carbonyl (C=O) groups is 1. The number of rotatable bonds is 4. The van der Waals surface area contributed by atoms with Crippen LogP contribution in [0.15, 0.2) is 30.3 Å². The highest BCUT2D eigenvalue weighted by atomic mass is 16.5. The maximum atomic E-state index is 12.4. The SMILES string of the molecule is CO[C@H]1CCN(C(=O)NCC2(c3ccccc3)CCCC2)C1. The highest BCUT2D eigenvalue weighted by Gasteiger charge is 2.36. The second-order valence-corrected chi connectivity index (χ2v) is 6.60. The lowest BCUT2D eigenvalue weighted by atomic mass is 9.79. The molecule has 0 aromatic heterocycles. The van der Waals surface area contributed by atoms with Crippen molar-refractivity contribution >= 4 is 6.03 Å². The van der Waals surface area contributed by atoms with Gasteiger partial charge in [-0.15, -0.1) is 0 Å². The van der Waals surface area contributed by atoms with Gasteiger partial charge < -0.3 is 15.0 Å². The normalized spacial score (nSPS) is 23.7. The number of nitrogens with zero attached hydrogens (tertiary/aromatic N) is 1. The molecule has 2 aliphatic rings. The molecule has 1 atom stereocenters. The monoisotopic (exact) mass is 302 g/mol. The molecule has 1 heterocycles. The van der Waals surface area contributed by atoms with Gasteiger partial charge >= 0.3 is 6.03 Å². The summed E-state index contributed by atoms with van der Waals surface area (Å²) in [6.45, 7) is 2.24. The van der Waals surface area contributed by atoms with Crippen LogP contribution in [0.25, 0.3) is 0 Å². The van der Waals surface area contributed by atoms with Crippen molar-refractivity contribution in [3.8, 4) is 0 Å². The topological polar surface area (TPSA) is 41.6 Å². The van der Waals surface area contributed by atoms with Gasteiger partial charge in [-0.2, -0.15) is 0 Å². The number of nitrogens with one attached hydrogen (secondary N) is 1. The number of hydrogen-bond donors (Lipinski definition) is 1. The van der Waals surface area contributed by atoms with Crippen LogP contribution in [-0.4, -0.2) is 43.8 Å². The van der Waals surface area contributed by atoms with Gasteiger partial charge in [0.15, 0.2) is 0 Å². The van der Waals surface area contributed by atoms with Gasteiger partial charge in [-0.3, -0.25) is 0 Å². The summed E-state index contributed by atoms with van der Waals surface area (Å²) in [5.41, 5.74) is 1.49. The number of urea groups is 1. The van der Waals surface area contributed by atoms with Crippen molar-refractivity contribution < 1.29 is 9.53 Å². The molecule has 1 aliphatic heterocycles. The molecule has 0 spiro atoms. The Labute approximate surface area is 132 Å². The zero-order valence-corrected chi connectivity index (χ0v) is 13.4. The summed E-state index contributed by atoms with van der Waals surface area (Å²) < 4.78 is 5.34. The van der Waals surface area contributed by atoms with E-state index in [1.54, 1.807) is 7.11 Å². The van der Waals surface area contributed by atoms with E-state index in [4.69, 9.17) is 4.74 Å². The van der Waals surface area contributed by atoms with Gasteiger partial charge in [-0.25, -0.2) is 4.79 Å². The quantitative estimate of drug-likeness (QED) is 0.929. The van der Waals surface area contributed by atoms with Gasteiger partial charge in [0, 0.05) is 32.2 Å². The fraction of sp³-hybridized carbons (Fsp3) is 0.611. The molecule has 22 heavy (non-hydrogen) atoms. The fourth-order valence-electron chi connectivity index (χ4n) is 3.87. The van der Waals surface area contributed by atoms with E-state index in [1.165, 1.54) is 18.4 Å². The third-order valence-electron chi connectivity index (χ3n) is 5.29. The maximum Gasteiger partial charge on any atom is 0.317 e. The Morgan fingerprint density at radius 1 is 1.32 bits per heavy atom. The molecule has 1 N–H and O–H groups in total. The largest absolute Gasteiger partial charge is 0.380 e. The zero-order chi connectivity index (χ0) is 15.4. The first-order valence-corrected chi connectivity index (χ1v) is 8.35. The zero-order valence-electron chi connectivity index (χ0n) is 13.4. The number of benzene rings is 1. The molecule has 120 valence electrons. The van der Waals surface area contributed by atoms with E-state index in [-0.39, 0.29) is 17.6 Å². The molecule has 1 saturated heterocycles. The Morgan fingerprint density at radius 3 is 2.68 bits per heavy atom. The minimum absolute atomic E-state index is 0.0572. The van der Waals surface area contributed by atoms with Crippen molar-refractivity contribution in [3.05, 3.63) is 35.9 Å². The van der Waals surface area contributed by atoms with Crippen molar-refractivity contribution in [3.63, 3.8) is 0 Å². The van der Waals surface area contributed by atoms with Crippen LogP contribution in [0.5, 0.6) is 0 Å². The van der Waals surface area contributed by atoms with E-state index in [0.29, 0.717) is 6.54 Å². The molecule has 2 fully saturated rings. The highest BCUT2D eigenvalue weighted by Crippen LogP contribution is 2.40. The summed E-state index contributed by atoms with van der Waals surface area (Å²) in [6, 6.07) is 10.7. The average molecular weight is 302 g/mol. The number of methoxy groups -OCH3 is 1. The smallest absolute Gasteiger partial charge is 0.317 e. The van der Waals surface area contributed by atoms with Crippen LogP contribution in [0.2, 0.25) is 0 Å². The Bertz CT molecular complexity index is 497. The molecule has 0 unspecified atom stereocenters. The van der Waals surface area contributed by atoms with Crippen LogP contribution < -0.4 is 5.32 Å². The molecule has 4 nitrogen and oxygen atoms in total. The number of carbonyl (C=O) groups excluding carboxylic acids is 1. The molecular formula is C18H26N2O2. The van der Waals surface area contributed by atoms with Gasteiger partial charge in [-0.1, -0.05) is 43.2 Å². The highest BCUT2D eigenvalue weighted by molar-refractivity contribution is 5.74. The fourth-order valence-corrected chi connectivity index (χ4v) is 3.87. The molecule has 0 radical (unpaired) electrons.